The van der Waals surface area contributed by atoms with Gasteiger partial charge in [-0.05, 0) is 5.56 Å². The van der Waals surface area contributed by atoms with Crippen LogP contribution in [-0.4, -0.2) is 29.5 Å². The molecule has 0 bridgehead atoms. The molecule has 0 amide bonds. The third-order valence-corrected chi connectivity index (χ3v) is 5.26. The van der Waals surface area contributed by atoms with E-state index in [1.54, 1.807) is 17.1 Å². The highest BCUT2D eigenvalue weighted by Gasteiger charge is 2.22. The summed E-state index contributed by atoms with van der Waals surface area (Å²) in [4.78, 5) is 13.3. The number of nitrogens with one attached hydrogen (secondary N) is 1. The zero-order chi connectivity index (χ0) is 16.4. The van der Waals surface area contributed by atoms with Crippen molar-refractivity contribution in [1.82, 2.24) is 19.5 Å². The highest BCUT2D eigenvalue weighted by Crippen LogP contribution is 2.25. The molecule has 1 aliphatic heterocycles. The Labute approximate surface area is 142 Å². The Balaban J connectivity index is 1.70. The average molecular weight is 339 g/mol. The molecule has 1 aromatic carbocycles. The second-order valence-electron chi connectivity index (χ2n) is 5.64. The van der Waals surface area contributed by atoms with Crippen LogP contribution in [0.15, 0.2) is 49.1 Å². The van der Waals surface area contributed by atoms with Crippen molar-refractivity contribution in [3.63, 3.8) is 0 Å². The topological polar surface area (TPSA) is 72.7 Å². The van der Waals surface area contributed by atoms with Gasteiger partial charge in [-0.3, -0.25) is 8.78 Å². The molecule has 3 aromatic rings. The summed E-state index contributed by atoms with van der Waals surface area (Å²) in [5.74, 6) is 2.53. The van der Waals surface area contributed by atoms with Crippen LogP contribution in [0.3, 0.4) is 0 Å². The second-order valence-corrected chi connectivity index (χ2v) is 7.22. The first-order chi connectivity index (χ1) is 11.8. The number of aromatic nitrogens is 4. The van der Waals surface area contributed by atoms with Gasteiger partial charge in [0.25, 0.3) is 0 Å². The van der Waals surface area contributed by atoms with Crippen molar-refractivity contribution in [3.8, 4) is 5.95 Å². The molecule has 0 aliphatic carbocycles. The van der Waals surface area contributed by atoms with Crippen molar-refractivity contribution in [2.24, 2.45) is 0 Å². The molecule has 0 spiro atoms. The average Bonchev–Trinajstić information content (AvgIpc) is 3.15. The number of benzene rings is 1. The molecule has 1 N–H and O–H groups in total. The van der Waals surface area contributed by atoms with Crippen molar-refractivity contribution in [1.29, 1.82) is 0 Å². The largest absolute Gasteiger partial charge is 0.366 e. The van der Waals surface area contributed by atoms with Gasteiger partial charge in [0.05, 0.1) is 11.4 Å². The van der Waals surface area contributed by atoms with Crippen LogP contribution < -0.4 is 5.32 Å². The molecule has 1 aliphatic rings. The SMILES string of the molecule is O=S1CCc2nc(-n3ccnc3)nc(NCc3ccccc3)c2C1. The Bertz CT molecular complexity index is 864. The van der Waals surface area contributed by atoms with Gasteiger partial charge >= 0.3 is 0 Å². The second kappa shape index (κ2) is 6.52. The lowest BCUT2D eigenvalue weighted by Gasteiger charge is -2.19. The van der Waals surface area contributed by atoms with E-state index in [0.29, 0.717) is 30.4 Å². The zero-order valence-electron chi connectivity index (χ0n) is 13.1. The molecule has 7 heteroatoms. The lowest BCUT2D eigenvalue weighted by Crippen LogP contribution is -2.20. The maximum Gasteiger partial charge on any atom is 0.237 e. The maximum atomic E-state index is 12.0. The Hall–Kier alpha value is -2.54. The summed E-state index contributed by atoms with van der Waals surface area (Å²) in [6, 6.07) is 10.2. The maximum absolute atomic E-state index is 12.0. The van der Waals surface area contributed by atoms with Gasteiger partial charge in [0, 0.05) is 47.5 Å². The highest BCUT2D eigenvalue weighted by molar-refractivity contribution is 7.84. The predicted molar refractivity (Wildman–Crippen MR) is 93.3 cm³/mol. The number of hydrogen-bond donors (Lipinski definition) is 1. The van der Waals surface area contributed by atoms with Crippen LogP contribution in [0, 0.1) is 0 Å². The van der Waals surface area contributed by atoms with Crippen LogP contribution >= 0.6 is 0 Å². The van der Waals surface area contributed by atoms with Crippen LogP contribution in [0.2, 0.25) is 0 Å². The van der Waals surface area contributed by atoms with Crippen LogP contribution in [-0.2, 0) is 29.5 Å². The number of aryl methyl sites for hydroxylation is 1. The summed E-state index contributed by atoms with van der Waals surface area (Å²) < 4.78 is 13.8. The smallest absolute Gasteiger partial charge is 0.237 e. The molecule has 4 rings (SSSR count). The summed E-state index contributed by atoms with van der Waals surface area (Å²) in [5, 5.41) is 3.39. The molecular weight excluding hydrogens is 322 g/mol. The van der Waals surface area contributed by atoms with Gasteiger partial charge in [-0.25, -0.2) is 9.97 Å². The van der Waals surface area contributed by atoms with Gasteiger partial charge in [0.1, 0.15) is 12.1 Å². The predicted octanol–water partition coefficient (Wildman–Crippen LogP) is 2.08. The van der Waals surface area contributed by atoms with Gasteiger partial charge < -0.3 is 5.32 Å². The zero-order valence-corrected chi connectivity index (χ0v) is 13.9. The first-order valence-electron chi connectivity index (χ1n) is 7.80. The molecule has 6 nitrogen and oxygen atoms in total. The first-order valence-corrected chi connectivity index (χ1v) is 9.29. The van der Waals surface area contributed by atoms with Crippen LogP contribution in [0.5, 0.6) is 0 Å². The lowest BCUT2D eigenvalue weighted by atomic mass is 10.1. The minimum Gasteiger partial charge on any atom is -0.366 e. The number of nitrogens with zero attached hydrogens (tertiary/aromatic N) is 4. The molecule has 2 aromatic heterocycles. The van der Waals surface area contributed by atoms with E-state index in [-0.39, 0.29) is 0 Å². The highest BCUT2D eigenvalue weighted by atomic mass is 32.2. The number of hydrogen-bond acceptors (Lipinski definition) is 5. The molecular formula is C17H17N5OS. The fourth-order valence-corrected chi connectivity index (χ4v) is 3.93. The van der Waals surface area contributed by atoms with E-state index in [9.17, 15) is 4.21 Å². The van der Waals surface area contributed by atoms with Crippen LogP contribution in [0.1, 0.15) is 16.8 Å². The summed E-state index contributed by atoms with van der Waals surface area (Å²) in [6.07, 6.45) is 5.93. The fraction of sp³-hybridized carbons (Fsp3) is 0.235. The van der Waals surface area contributed by atoms with Gasteiger partial charge in [0.2, 0.25) is 5.95 Å². The fourth-order valence-electron chi connectivity index (χ4n) is 2.74. The normalized spacial score (nSPS) is 16.6. The van der Waals surface area contributed by atoms with Crippen molar-refractivity contribution in [2.45, 2.75) is 18.7 Å². The van der Waals surface area contributed by atoms with E-state index in [2.05, 4.69) is 32.4 Å². The van der Waals surface area contributed by atoms with E-state index in [0.717, 1.165) is 17.1 Å². The number of fused-ring (bicyclic) bond motifs is 1. The molecule has 24 heavy (non-hydrogen) atoms. The number of imidazole rings is 1. The van der Waals surface area contributed by atoms with E-state index >= 15 is 0 Å². The molecule has 1 unspecified atom stereocenters. The first kappa shape index (κ1) is 15.0. The van der Waals surface area contributed by atoms with Crippen molar-refractivity contribution in [3.05, 3.63) is 65.9 Å². The summed E-state index contributed by atoms with van der Waals surface area (Å²) in [6.45, 7) is 0.667. The summed E-state index contributed by atoms with van der Waals surface area (Å²) in [7, 11) is -0.842. The number of rotatable bonds is 4. The van der Waals surface area contributed by atoms with E-state index in [4.69, 9.17) is 0 Å². The molecule has 1 atom stereocenters. The molecule has 0 saturated heterocycles. The lowest BCUT2D eigenvalue weighted by molar-refractivity contribution is 0.677. The third-order valence-electron chi connectivity index (χ3n) is 3.99. The van der Waals surface area contributed by atoms with Gasteiger partial charge in [-0.2, -0.15) is 4.98 Å². The van der Waals surface area contributed by atoms with E-state index in [1.807, 2.05) is 24.4 Å². The molecule has 0 fully saturated rings. The molecule has 3 heterocycles. The van der Waals surface area contributed by atoms with E-state index < -0.39 is 10.8 Å². The van der Waals surface area contributed by atoms with E-state index in [1.165, 1.54) is 5.56 Å². The van der Waals surface area contributed by atoms with Crippen molar-refractivity contribution in [2.75, 3.05) is 11.1 Å². The Morgan fingerprint density at radius 3 is 2.88 bits per heavy atom. The quantitative estimate of drug-likeness (QED) is 0.788. The molecule has 0 radical (unpaired) electrons. The van der Waals surface area contributed by atoms with Gasteiger partial charge in [0.15, 0.2) is 0 Å². The van der Waals surface area contributed by atoms with Crippen molar-refractivity contribution < 1.29 is 4.21 Å². The van der Waals surface area contributed by atoms with Gasteiger partial charge in [-0.1, -0.05) is 30.3 Å². The summed E-state index contributed by atoms with van der Waals surface area (Å²) in [5.41, 5.74) is 3.12. The van der Waals surface area contributed by atoms with Crippen molar-refractivity contribution >= 4 is 16.6 Å². The minimum atomic E-state index is -0.842. The standard InChI is InChI=1S/C17H17N5OS/c23-24-9-6-15-14(11-24)16(19-10-13-4-2-1-3-5-13)21-17(20-15)22-8-7-18-12-22/h1-5,7-8,12H,6,9-11H2,(H,19,20,21). The molecule has 0 saturated carbocycles. The minimum absolute atomic E-state index is 0.511. The Morgan fingerprint density at radius 1 is 1.21 bits per heavy atom. The Morgan fingerprint density at radius 2 is 2.08 bits per heavy atom. The van der Waals surface area contributed by atoms with Crippen LogP contribution in [0.4, 0.5) is 5.82 Å². The number of anilines is 1. The Kier molecular flexibility index (Phi) is 4.08. The van der Waals surface area contributed by atoms with Gasteiger partial charge in [-0.15, -0.1) is 0 Å². The summed E-state index contributed by atoms with van der Waals surface area (Å²) >= 11 is 0. The third kappa shape index (κ3) is 3.07. The molecule has 122 valence electrons. The monoisotopic (exact) mass is 339 g/mol. The van der Waals surface area contributed by atoms with Crippen LogP contribution in [0.25, 0.3) is 5.95 Å².